The molecule has 0 aromatic carbocycles. The molecule has 1 aliphatic rings. The quantitative estimate of drug-likeness (QED) is 0.460. The second kappa shape index (κ2) is 3.55. The first-order valence-electron chi connectivity index (χ1n) is 3.59. The third kappa shape index (κ3) is 1.81. The number of rotatable bonds is 2. The van der Waals surface area contributed by atoms with Gasteiger partial charge in [0.05, 0.1) is 6.34 Å². The van der Waals surface area contributed by atoms with Crippen LogP contribution in [0.4, 0.5) is 0 Å². The van der Waals surface area contributed by atoms with Crippen molar-refractivity contribution < 1.29 is 10.0 Å². The molecule has 0 amide bonds. The zero-order valence-electron chi connectivity index (χ0n) is 6.36. The van der Waals surface area contributed by atoms with Crippen LogP contribution in [0.1, 0.15) is 13.3 Å². The lowest BCUT2D eigenvalue weighted by Crippen LogP contribution is -2.38. The average Bonchev–Trinajstić information content (AvgIpc) is 2.04. The van der Waals surface area contributed by atoms with E-state index in [1.165, 1.54) is 6.20 Å². The highest BCUT2D eigenvalue weighted by molar-refractivity contribution is 6.51. The lowest BCUT2D eigenvalue weighted by atomic mass is 9.74. The van der Waals surface area contributed by atoms with E-state index in [0.29, 0.717) is 5.47 Å². The molecule has 0 aromatic heterocycles. The fourth-order valence-electron chi connectivity index (χ4n) is 1.04. The van der Waals surface area contributed by atoms with Crippen molar-refractivity contribution in [2.45, 2.75) is 19.4 Å². The van der Waals surface area contributed by atoms with Crippen molar-refractivity contribution in [2.75, 3.05) is 0 Å². The van der Waals surface area contributed by atoms with Crippen molar-refractivity contribution in [3.05, 3.63) is 11.7 Å². The molecule has 0 aliphatic carbocycles. The first kappa shape index (κ1) is 8.29. The van der Waals surface area contributed by atoms with E-state index >= 15 is 0 Å². The Morgan fingerprint density at radius 3 is 2.91 bits per heavy atom. The van der Waals surface area contributed by atoms with E-state index in [2.05, 4.69) is 10.3 Å². The Bertz CT molecular complexity index is 191. The predicted molar refractivity (Wildman–Crippen MR) is 44.0 cm³/mol. The van der Waals surface area contributed by atoms with Gasteiger partial charge in [-0.2, -0.15) is 0 Å². The van der Waals surface area contributed by atoms with Crippen molar-refractivity contribution in [3.63, 3.8) is 0 Å². The molecular weight excluding hydrogens is 143 g/mol. The van der Waals surface area contributed by atoms with Gasteiger partial charge in [-0.1, -0.05) is 6.92 Å². The van der Waals surface area contributed by atoms with Crippen molar-refractivity contribution in [1.29, 1.82) is 0 Å². The van der Waals surface area contributed by atoms with Crippen LogP contribution in [-0.2, 0) is 0 Å². The molecule has 0 fully saturated rings. The lowest BCUT2D eigenvalue weighted by molar-refractivity contribution is 0.411. The monoisotopic (exact) mass is 154 g/mol. The number of hydrogen-bond donors (Lipinski definition) is 3. The van der Waals surface area contributed by atoms with Crippen molar-refractivity contribution in [2.24, 2.45) is 4.99 Å². The molecule has 0 spiro atoms. The number of aliphatic imine (C=N–C) groups is 1. The van der Waals surface area contributed by atoms with Gasteiger partial charge in [-0.15, -0.1) is 0 Å². The summed E-state index contributed by atoms with van der Waals surface area (Å²) in [6.45, 7) is 1.97. The number of nitrogens with one attached hydrogen (secondary N) is 1. The van der Waals surface area contributed by atoms with Crippen LogP contribution < -0.4 is 5.32 Å². The summed E-state index contributed by atoms with van der Waals surface area (Å²) in [5.41, 5.74) is 0.523. The van der Waals surface area contributed by atoms with E-state index in [-0.39, 0.29) is 6.04 Å². The van der Waals surface area contributed by atoms with Gasteiger partial charge in [-0.05, 0) is 6.42 Å². The molecule has 1 rings (SSSR count). The maximum absolute atomic E-state index is 8.85. The van der Waals surface area contributed by atoms with E-state index in [9.17, 15) is 0 Å². The van der Waals surface area contributed by atoms with E-state index in [0.717, 1.165) is 6.42 Å². The highest BCUT2D eigenvalue weighted by Gasteiger charge is 2.23. The fourth-order valence-corrected chi connectivity index (χ4v) is 1.04. The minimum absolute atomic E-state index is 0.00694. The summed E-state index contributed by atoms with van der Waals surface area (Å²) < 4.78 is 0. The van der Waals surface area contributed by atoms with Gasteiger partial charge in [0.1, 0.15) is 0 Å². The SMILES string of the molecule is CCC1NC=NC=C1B(O)O. The molecule has 0 saturated heterocycles. The van der Waals surface area contributed by atoms with Gasteiger partial charge in [0.15, 0.2) is 0 Å². The van der Waals surface area contributed by atoms with Crippen LogP contribution >= 0.6 is 0 Å². The molecule has 0 bridgehead atoms. The summed E-state index contributed by atoms with van der Waals surface area (Å²) in [5.74, 6) is 0. The van der Waals surface area contributed by atoms with Crippen molar-refractivity contribution in [3.8, 4) is 0 Å². The molecule has 60 valence electrons. The average molecular weight is 154 g/mol. The number of nitrogens with zero attached hydrogens (tertiary/aromatic N) is 1. The van der Waals surface area contributed by atoms with Gasteiger partial charge >= 0.3 is 7.12 Å². The van der Waals surface area contributed by atoms with Crippen LogP contribution in [-0.4, -0.2) is 29.5 Å². The Labute approximate surface area is 65.8 Å². The fraction of sp³-hybridized carbons (Fsp3) is 0.500. The highest BCUT2D eigenvalue weighted by atomic mass is 16.4. The summed E-state index contributed by atoms with van der Waals surface area (Å²) in [4.78, 5) is 3.76. The molecule has 1 unspecified atom stereocenters. The highest BCUT2D eigenvalue weighted by Crippen LogP contribution is 2.09. The summed E-state index contributed by atoms with van der Waals surface area (Å²) in [7, 11) is -1.40. The molecule has 1 heterocycles. The van der Waals surface area contributed by atoms with Gasteiger partial charge in [0, 0.05) is 17.7 Å². The number of hydrogen-bond acceptors (Lipinski definition) is 4. The molecule has 1 aliphatic heterocycles. The first-order chi connectivity index (χ1) is 5.25. The van der Waals surface area contributed by atoms with E-state index < -0.39 is 7.12 Å². The summed E-state index contributed by atoms with van der Waals surface area (Å²) in [5, 5.41) is 20.6. The second-order valence-corrected chi connectivity index (χ2v) is 2.41. The molecule has 5 heteroatoms. The maximum atomic E-state index is 8.85. The summed E-state index contributed by atoms with van der Waals surface area (Å²) in [6, 6.07) is 0.00694. The van der Waals surface area contributed by atoms with Gasteiger partial charge in [0.2, 0.25) is 0 Å². The van der Waals surface area contributed by atoms with Crippen LogP contribution in [0.15, 0.2) is 16.7 Å². The van der Waals surface area contributed by atoms with Crippen molar-refractivity contribution in [1.82, 2.24) is 5.32 Å². The van der Waals surface area contributed by atoms with Crippen LogP contribution in [0.25, 0.3) is 0 Å². The molecule has 11 heavy (non-hydrogen) atoms. The van der Waals surface area contributed by atoms with Crippen LogP contribution in [0.2, 0.25) is 0 Å². The van der Waals surface area contributed by atoms with E-state index in [4.69, 9.17) is 10.0 Å². The predicted octanol–water partition coefficient (Wildman–Crippen LogP) is -0.708. The molecular formula is C6H11BN2O2. The van der Waals surface area contributed by atoms with Crippen LogP contribution in [0.3, 0.4) is 0 Å². The third-order valence-electron chi connectivity index (χ3n) is 1.68. The van der Waals surface area contributed by atoms with Crippen LogP contribution in [0, 0.1) is 0 Å². The largest absolute Gasteiger partial charge is 0.487 e. The Kier molecular flexibility index (Phi) is 2.67. The minimum Gasteiger partial charge on any atom is -0.423 e. The van der Waals surface area contributed by atoms with Gasteiger partial charge in [-0.25, -0.2) is 4.99 Å². The third-order valence-corrected chi connectivity index (χ3v) is 1.68. The maximum Gasteiger partial charge on any atom is 0.487 e. The molecule has 0 saturated carbocycles. The second-order valence-electron chi connectivity index (χ2n) is 2.41. The molecule has 4 nitrogen and oxygen atoms in total. The smallest absolute Gasteiger partial charge is 0.423 e. The normalized spacial score (nSPS) is 22.5. The zero-order valence-corrected chi connectivity index (χ0v) is 6.36. The Balaban J connectivity index is 2.70. The Hall–Kier alpha value is -0.805. The molecule has 0 aromatic rings. The molecule has 0 radical (unpaired) electrons. The summed E-state index contributed by atoms with van der Waals surface area (Å²) >= 11 is 0. The Morgan fingerprint density at radius 1 is 1.73 bits per heavy atom. The van der Waals surface area contributed by atoms with Crippen molar-refractivity contribution >= 4 is 13.5 Å². The standard InChI is InChI=1S/C6H11BN2O2/c1-2-6-5(7(10)11)3-8-4-9-6/h3-4,6,10-11H,2H2,1H3,(H,8,9). The molecule has 3 N–H and O–H groups in total. The molecule has 1 atom stereocenters. The topological polar surface area (TPSA) is 64.9 Å². The minimum atomic E-state index is -1.40. The first-order valence-corrected chi connectivity index (χ1v) is 3.59. The Morgan fingerprint density at radius 2 is 2.45 bits per heavy atom. The lowest BCUT2D eigenvalue weighted by Gasteiger charge is -2.20. The van der Waals surface area contributed by atoms with Gasteiger partial charge in [-0.3, -0.25) is 0 Å². The van der Waals surface area contributed by atoms with Gasteiger partial charge in [0.25, 0.3) is 0 Å². The van der Waals surface area contributed by atoms with E-state index in [1.807, 2.05) is 6.92 Å². The van der Waals surface area contributed by atoms with Crippen LogP contribution in [0.5, 0.6) is 0 Å². The zero-order chi connectivity index (χ0) is 8.27. The van der Waals surface area contributed by atoms with Gasteiger partial charge < -0.3 is 15.4 Å². The van der Waals surface area contributed by atoms with E-state index in [1.54, 1.807) is 6.34 Å². The summed E-state index contributed by atoms with van der Waals surface area (Å²) in [6.07, 6.45) is 3.85.